The fourth-order valence-electron chi connectivity index (χ4n) is 2.67. The molecule has 0 radical (unpaired) electrons. The van der Waals surface area contributed by atoms with E-state index in [1.807, 2.05) is 12.1 Å². The van der Waals surface area contributed by atoms with Gasteiger partial charge in [0.05, 0.1) is 21.3 Å². The van der Waals surface area contributed by atoms with Crippen molar-refractivity contribution in [1.82, 2.24) is 0 Å². The molecule has 0 saturated carbocycles. The third-order valence-electron chi connectivity index (χ3n) is 3.99. The molecule has 0 aliphatic carbocycles. The predicted molar refractivity (Wildman–Crippen MR) is 99.4 cm³/mol. The van der Waals surface area contributed by atoms with Gasteiger partial charge >= 0.3 is 5.97 Å². The first-order valence-electron chi connectivity index (χ1n) is 8.28. The summed E-state index contributed by atoms with van der Waals surface area (Å²) in [6, 6.07) is 8.74. The molecule has 0 bridgehead atoms. The second kappa shape index (κ2) is 8.38. The van der Waals surface area contributed by atoms with Crippen LogP contribution in [0.2, 0.25) is 0 Å². The molecule has 2 aromatic carbocycles. The Morgan fingerprint density at radius 3 is 2.43 bits per heavy atom. The molecule has 2 aromatic rings. The highest BCUT2D eigenvalue weighted by Crippen LogP contribution is 2.49. The number of hydrogen-bond donors (Lipinski definition) is 1. The number of nitrogens with two attached hydrogens (primary N) is 1. The van der Waals surface area contributed by atoms with Crippen molar-refractivity contribution in [3.05, 3.63) is 41.5 Å². The number of carbonyl (C=O) groups excluding carboxylic acids is 1. The molecule has 28 heavy (non-hydrogen) atoms. The molecule has 0 spiro atoms. The summed E-state index contributed by atoms with van der Waals surface area (Å²) in [4.78, 5) is 17.5. The molecule has 0 fully saturated rings. The molecule has 0 aromatic heterocycles. The highest BCUT2D eigenvalue weighted by atomic mass is 16.7. The van der Waals surface area contributed by atoms with Gasteiger partial charge in [-0.25, -0.2) is 4.79 Å². The summed E-state index contributed by atoms with van der Waals surface area (Å²) < 4.78 is 26.3. The molecule has 0 unspecified atom stereocenters. The summed E-state index contributed by atoms with van der Waals surface area (Å²) in [7, 11) is 4.42. The monoisotopic (exact) mass is 388 g/mol. The Bertz CT molecular complexity index is 894. The zero-order valence-electron chi connectivity index (χ0n) is 15.7. The van der Waals surface area contributed by atoms with E-state index in [0.717, 1.165) is 11.3 Å². The molecular weight excluding hydrogens is 368 g/mol. The van der Waals surface area contributed by atoms with Crippen LogP contribution in [0.3, 0.4) is 0 Å². The van der Waals surface area contributed by atoms with E-state index in [1.54, 1.807) is 19.2 Å². The van der Waals surface area contributed by atoms with Crippen LogP contribution in [-0.4, -0.2) is 39.9 Å². The van der Waals surface area contributed by atoms with Gasteiger partial charge in [0.1, 0.15) is 17.1 Å². The van der Waals surface area contributed by atoms with Gasteiger partial charge in [-0.05, 0) is 17.7 Å². The number of rotatable bonds is 7. The van der Waals surface area contributed by atoms with E-state index in [9.17, 15) is 4.79 Å². The molecular formula is C19H20N2O7. The molecule has 3 rings (SSSR count). The third kappa shape index (κ3) is 3.88. The Morgan fingerprint density at radius 1 is 1.07 bits per heavy atom. The topological polar surface area (TPSA) is 111 Å². The Balaban J connectivity index is 1.76. The predicted octanol–water partition coefficient (Wildman–Crippen LogP) is 2.11. The van der Waals surface area contributed by atoms with Crippen molar-refractivity contribution in [1.29, 1.82) is 0 Å². The molecule has 9 nitrogen and oxygen atoms in total. The van der Waals surface area contributed by atoms with E-state index in [4.69, 9.17) is 34.3 Å². The molecule has 1 heterocycles. The zero-order valence-corrected chi connectivity index (χ0v) is 15.7. The average Bonchev–Trinajstić information content (AvgIpc) is 3.19. The van der Waals surface area contributed by atoms with Crippen LogP contribution in [0.25, 0.3) is 0 Å². The van der Waals surface area contributed by atoms with Gasteiger partial charge in [0.25, 0.3) is 0 Å². The van der Waals surface area contributed by atoms with Crippen LogP contribution in [0.4, 0.5) is 0 Å². The number of ether oxygens (including phenoxy) is 5. The lowest BCUT2D eigenvalue weighted by Crippen LogP contribution is -2.17. The van der Waals surface area contributed by atoms with Gasteiger partial charge in [-0.1, -0.05) is 17.3 Å². The van der Waals surface area contributed by atoms with Crippen molar-refractivity contribution in [3.63, 3.8) is 0 Å². The third-order valence-corrected chi connectivity index (χ3v) is 3.99. The summed E-state index contributed by atoms with van der Waals surface area (Å²) in [6.07, 6.45) is 0.304. The second-order valence-electron chi connectivity index (χ2n) is 5.71. The second-order valence-corrected chi connectivity index (χ2v) is 5.71. The fourth-order valence-corrected chi connectivity index (χ4v) is 2.67. The summed E-state index contributed by atoms with van der Waals surface area (Å²) in [5.41, 5.74) is 6.82. The number of methoxy groups -OCH3 is 3. The highest BCUT2D eigenvalue weighted by Gasteiger charge is 2.29. The maximum atomic E-state index is 12.5. The van der Waals surface area contributed by atoms with Crippen LogP contribution in [0.1, 0.15) is 15.9 Å². The van der Waals surface area contributed by atoms with Crippen LogP contribution < -0.4 is 29.4 Å². The first-order chi connectivity index (χ1) is 13.6. The van der Waals surface area contributed by atoms with E-state index in [-0.39, 0.29) is 29.7 Å². The van der Waals surface area contributed by atoms with Gasteiger partial charge in [-0.15, -0.1) is 0 Å². The van der Waals surface area contributed by atoms with Crippen LogP contribution in [0.5, 0.6) is 28.7 Å². The van der Waals surface area contributed by atoms with Crippen LogP contribution in [-0.2, 0) is 11.3 Å². The SMILES string of the molecule is COc1ccc(C/C(N)=N\OC(=O)c2cc3c(c(OC)c2OC)OCO3)cc1. The quantitative estimate of drug-likeness (QED) is 0.332. The number of amidine groups is 1. The van der Waals surface area contributed by atoms with E-state index in [0.29, 0.717) is 17.9 Å². The Morgan fingerprint density at radius 2 is 1.79 bits per heavy atom. The fraction of sp³-hybridized carbons (Fsp3) is 0.263. The van der Waals surface area contributed by atoms with Crippen LogP contribution >= 0.6 is 0 Å². The van der Waals surface area contributed by atoms with Crippen molar-refractivity contribution >= 4 is 11.8 Å². The molecule has 9 heteroatoms. The van der Waals surface area contributed by atoms with Crippen molar-refractivity contribution in [2.45, 2.75) is 6.42 Å². The van der Waals surface area contributed by atoms with Crippen LogP contribution in [0.15, 0.2) is 35.5 Å². The first-order valence-corrected chi connectivity index (χ1v) is 8.28. The minimum Gasteiger partial charge on any atom is -0.497 e. The lowest BCUT2D eigenvalue weighted by molar-refractivity contribution is 0.0510. The molecule has 2 N–H and O–H groups in total. The number of carbonyl (C=O) groups is 1. The van der Waals surface area contributed by atoms with Gasteiger partial charge in [0.15, 0.2) is 11.5 Å². The molecule has 0 atom stereocenters. The van der Waals surface area contributed by atoms with Crippen molar-refractivity contribution in [2.24, 2.45) is 10.9 Å². The molecule has 1 aliphatic heterocycles. The zero-order chi connectivity index (χ0) is 20.1. The van der Waals surface area contributed by atoms with Crippen molar-refractivity contribution < 1.29 is 33.3 Å². The van der Waals surface area contributed by atoms with Gasteiger partial charge in [0, 0.05) is 12.5 Å². The van der Waals surface area contributed by atoms with E-state index in [2.05, 4.69) is 5.16 Å². The van der Waals surface area contributed by atoms with Crippen molar-refractivity contribution in [2.75, 3.05) is 28.1 Å². The number of fused-ring (bicyclic) bond motifs is 1. The largest absolute Gasteiger partial charge is 0.497 e. The number of hydrogen-bond acceptors (Lipinski definition) is 8. The average molecular weight is 388 g/mol. The number of benzene rings is 2. The lowest BCUT2D eigenvalue weighted by Gasteiger charge is -2.13. The molecule has 1 aliphatic rings. The number of oxime groups is 1. The summed E-state index contributed by atoms with van der Waals surface area (Å²) in [5, 5.41) is 3.71. The highest BCUT2D eigenvalue weighted by molar-refractivity contribution is 5.96. The molecule has 0 saturated heterocycles. The van der Waals surface area contributed by atoms with Gasteiger partial charge in [-0.3, -0.25) is 0 Å². The standard InChI is InChI=1S/C19H20N2O7/c1-23-12-6-4-11(5-7-12)8-15(20)21-28-19(22)13-9-14-17(27-10-26-14)18(25-3)16(13)24-2/h4-7,9H,8,10H2,1-3H3,(H2,20,21). The van der Waals surface area contributed by atoms with Gasteiger partial charge in [-0.2, -0.15) is 0 Å². The normalized spacial score (nSPS) is 12.5. The summed E-state index contributed by atoms with van der Waals surface area (Å²) in [5.74, 6) is 1.18. The van der Waals surface area contributed by atoms with Gasteiger partial charge in [0.2, 0.25) is 18.3 Å². The van der Waals surface area contributed by atoms with Crippen molar-refractivity contribution in [3.8, 4) is 28.7 Å². The van der Waals surface area contributed by atoms with E-state index in [1.165, 1.54) is 20.3 Å². The lowest BCUT2D eigenvalue weighted by atomic mass is 10.1. The summed E-state index contributed by atoms with van der Waals surface area (Å²) >= 11 is 0. The number of nitrogens with zero attached hydrogens (tertiary/aromatic N) is 1. The minimum absolute atomic E-state index is 0.0142. The Hall–Kier alpha value is -3.62. The first kappa shape index (κ1) is 19.2. The Kier molecular flexibility index (Phi) is 5.73. The summed E-state index contributed by atoms with van der Waals surface area (Å²) in [6.45, 7) is 0.0142. The maximum absolute atomic E-state index is 12.5. The van der Waals surface area contributed by atoms with Crippen LogP contribution in [0, 0.1) is 0 Å². The molecule has 148 valence electrons. The maximum Gasteiger partial charge on any atom is 0.369 e. The van der Waals surface area contributed by atoms with Gasteiger partial charge < -0.3 is 34.3 Å². The minimum atomic E-state index is -0.772. The Labute approximate surface area is 161 Å². The van der Waals surface area contributed by atoms with E-state index < -0.39 is 5.97 Å². The smallest absolute Gasteiger partial charge is 0.369 e. The van der Waals surface area contributed by atoms with E-state index >= 15 is 0 Å². The molecule has 0 amide bonds.